The van der Waals surface area contributed by atoms with Crippen LogP contribution in [0.25, 0.3) is 0 Å². The van der Waals surface area contributed by atoms with E-state index in [4.69, 9.17) is 0 Å². The molecule has 1 amide bonds. The molecule has 0 saturated heterocycles. The second kappa shape index (κ2) is 3.03. The van der Waals surface area contributed by atoms with Crippen molar-refractivity contribution in [1.29, 1.82) is 0 Å². The molecule has 0 aliphatic heterocycles. The number of hydrazine groups is 1. The molecule has 1 rings (SSSR count). The Labute approximate surface area is 56.0 Å². The van der Waals surface area contributed by atoms with Crippen LogP contribution in [0.4, 0.5) is 5.00 Å². The zero-order valence-corrected chi connectivity index (χ0v) is 5.31. The Balaban J connectivity index is 2.38. The first-order valence-corrected chi connectivity index (χ1v) is 3.06. The summed E-state index contributed by atoms with van der Waals surface area (Å²) in [6, 6.07) is 1.77. The minimum Gasteiger partial charge on any atom is -0.288 e. The maximum absolute atomic E-state index is 9.71. The molecule has 0 aromatic carbocycles. The molecule has 4 nitrogen and oxygen atoms in total. The van der Waals surface area contributed by atoms with Gasteiger partial charge < -0.3 is 0 Å². The van der Waals surface area contributed by atoms with Crippen LogP contribution in [0.15, 0.2) is 12.3 Å². The van der Waals surface area contributed by atoms with Gasteiger partial charge >= 0.3 is 0 Å². The van der Waals surface area contributed by atoms with E-state index in [0.717, 1.165) is 5.00 Å². The predicted octanol–water partition coefficient (Wildman–Crippen LogP) is 0.216. The molecule has 5 heteroatoms. The fraction of sp³-hybridized carbons (Fsp3) is 0. The number of carbonyl (C=O) groups is 1. The first-order valence-electron chi connectivity index (χ1n) is 2.29. The molecule has 0 fully saturated rings. The maximum atomic E-state index is 9.71. The van der Waals surface area contributed by atoms with E-state index >= 15 is 0 Å². The Morgan fingerprint density at radius 1 is 1.78 bits per heavy atom. The molecule has 0 bridgehead atoms. The molecule has 1 heterocycles. The summed E-state index contributed by atoms with van der Waals surface area (Å²) in [7, 11) is 0. The summed E-state index contributed by atoms with van der Waals surface area (Å²) in [5, 5.41) is 0.821. The smallest absolute Gasteiger partial charge is 0.225 e. The molecule has 1 aromatic rings. The topological polar surface area (TPSA) is 54.0 Å². The Bertz CT molecular complexity index is 174. The summed E-state index contributed by atoms with van der Waals surface area (Å²) in [5.74, 6) is 0. The van der Waals surface area contributed by atoms with Crippen LogP contribution in [-0.4, -0.2) is 10.8 Å². The lowest BCUT2D eigenvalue weighted by molar-refractivity contribution is -0.109. The van der Waals surface area contributed by atoms with Gasteiger partial charge in [-0.3, -0.25) is 15.6 Å². The molecule has 0 atom stereocenters. The van der Waals surface area contributed by atoms with Gasteiger partial charge in [0.2, 0.25) is 6.41 Å². The van der Waals surface area contributed by atoms with Crippen LogP contribution in [0.1, 0.15) is 0 Å². The number of carbonyl (C=O) groups excluding carboxylic acids is 1. The van der Waals surface area contributed by atoms with Crippen LogP contribution < -0.4 is 10.9 Å². The molecule has 0 radical (unpaired) electrons. The molecule has 0 unspecified atom stereocenters. The highest BCUT2D eigenvalue weighted by Gasteiger charge is 1.87. The van der Waals surface area contributed by atoms with Crippen molar-refractivity contribution in [3.8, 4) is 0 Å². The summed E-state index contributed by atoms with van der Waals surface area (Å²) >= 11 is 1.28. The van der Waals surface area contributed by atoms with Crippen molar-refractivity contribution in [2.45, 2.75) is 0 Å². The van der Waals surface area contributed by atoms with Crippen molar-refractivity contribution < 1.29 is 4.79 Å². The Morgan fingerprint density at radius 2 is 2.67 bits per heavy atom. The average Bonchev–Trinajstić information content (AvgIpc) is 2.34. The van der Waals surface area contributed by atoms with E-state index < -0.39 is 0 Å². The Hall–Kier alpha value is -1.10. The van der Waals surface area contributed by atoms with E-state index in [1.54, 1.807) is 12.3 Å². The van der Waals surface area contributed by atoms with Gasteiger partial charge in [-0.15, -0.1) is 0 Å². The number of nitrogens with one attached hydrogen (secondary N) is 2. The van der Waals surface area contributed by atoms with E-state index in [-0.39, 0.29) is 0 Å². The van der Waals surface area contributed by atoms with Crippen LogP contribution in [0, 0.1) is 0 Å². The van der Waals surface area contributed by atoms with Crippen molar-refractivity contribution in [1.82, 2.24) is 9.80 Å². The number of hydrogen-bond acceptors (Lipinski definition) is 4. The predicted molar refractivity (Wildman–Crippen MR) is 34.9 cm³/mol. The SMILES string of the molecule is O=CNNc1ccns1. The number of aromatic nitrogens is 1. The highest BCUT2D eigenvalue weighted by Crippen LogP contribution is 2.08. The monoisotopic (exact) mass is 143 g/mol. The number of rotatable bonds is 3. The van der Waals surface area contributed by atoms with Crippen LogP contribution in [0.5, 0.6) is 0 Å². The van der Waals surface area contributed by atoms with E-state index in [1.165, 1.54) is 11.5 Å². The largest absolute Gasteiger partial charge is 0.288 e. The number of anilines is 1. The van der Waals surface area contributed by atoms with Crippen molar-refractivity contribution in [3.63, 3.8) is 0 Å². The lowest BCUT2D eigenvalue weighted by atomic mass is 10.7. The van der Waals surface area contributed by atoms with Crippen molar-refractivity contribution in [2.75, 3.05) is 5.43 Å². The lowest BCUT2D eigenvalue weighted by Gasteiger charge is -1.94. The highest BCUT2D eigenvalue weighted by molar-refractivity contribution is 7.10. The quantitative estimate of drug-likeness (QED) is 0.470. The van der Waals surface area contributed by atoms with Crippen LogP contribution in [0.3, 0.4) is 0 Å². The molecule has 0 spiro atoms. The van der Waals surface area contributed by atoms with Crippen LogP contribution in [0.2, 0.25) is 0 Å². The van der Waals surface area contributed by atoms with E-state index in [9.17, 15) is 4.79 Å². The number of nitrogens with zero attached hydrogens (tertiary/aromatic N) is 1. The standard InChI is InChI=1S/C4H5N3OS/c8-3-5-7-4-1-2-6-9-4/h1-3,7H,(H,5,8). The zero-order valence-electron chi connectivity index (χ0n) is 4.50. The van der Waals surface area contributed by atoms with Crippen molar-refractivity contribution >= 4 is 22.9 Å². The minimum atomic E-state index is 0.569. The summed E-state index contributed by atoms with van der Waals surface area (Å²) in [5.41, 5.74) is 4.90. The van der Waals surface area contributed by atoms with E-state index in [0.29, 0.717) is 6.41 Å². The van der Waals surface area contributed by atoms with Gasteiger partial charge in [-0.25, -0.2) is 0 Å². The van der Waals surface area contributed by atoms with Gasteiger partial charge in [-0.05, 0) is 17.6 Å². The van der Waals surface area contributed by atoms with Crippen molar-refractivity contribution in [2.24, 2.45) is 0 Å². The molecule has 0 aliphatic carbocycles. The van der Waals surface area contributed by atoms with Crippen LogP contribution in [-0.2, 0) is 4.79 Å². The second-order valence-electron chi connectivity index (χ2n) is 1.26. The second-order valence-corrected chi connectivity index (χ2v) is 2.10. The van der Waals surface area contributed by atoms with Gasteiger partial charge in [0, 0.05) is 6.20 Å². The molecular weight excluding hydrogens is 138 g/mol. The summed E-state index contributed by atoms with van der Waals surface area (Å²) in [4.78, 5) is 9.71. The summed E-state index contributed by atoms with van der Waals surface area (Å²) in [6.45, 7) is 0. The Kier molecular flexibility index (Phi) is 2.03. The first-order chi connectivity index (χ1) is 4.43. The summed E-state index contributed by atoms with van der Waals surface area (Å²) < 4.78 is 3.80. The Morgan fingerprint density at radius 3 is 3.22 bits per heavy atom. The average molecular weight is 143 g/mol. The molecule has 0 saturated carbocycles. The molecular formula is C4H5N3OS. The third-order valence-corrected chi connectivity index (χ3v) is 1.35. The minimum absolute atomic E-state index is 0.569. The third kappa shape index (κ3) is 1.69. The van der Waals surface area contributed by atoms with E-state index in [1.807, 2.05) is 0 Å². The van der Waals surface area contributed by atoms with Gasteiger partial charge in [0.15, 0.2) is 0 Å². The number of amides is 1. The zero-order chi connectivity index (χ0) is 6.53. The van der Waals surface area contributed by atoms with Gasteiger partial charge in [0.1, 0.15) is 5.00 Å². The molecule has 9 heavy (non-hydrogen) atoms. The number of hydrogen-bond donors (Lipinski definition) is 2. The van der Waals surface area contributed by atoms with Crippen molar-refractivity contribution in [3.05, 3.63) is 12.3 Å². The normalized spacial score (nSPS) is 8.44. The fourth-order valence-corrected chi connectivity index (χ4v) is 0.842. The fourth-order valence-electron chi connectivity index (χ4n) is 0.381. The molecule has 0 aliphatic rings. The van der Waals surface area contributed by atoms with Gasteiger partial charge in [0.25, 0.3) is 0 Å². The van der Waals surface area contributed by atoms with E-state index in [2.05, 4.69) is 15.2 Å². The third-order valence-electron chi connectivity index (χ3n) is 0.692. The maximum Gasteiger partial charge on any atom is 0.225 e. The van der Waals surface area contributed by atoms with Crippen LogP contribution >= 0.6 is 11.5 Å². The van der Waals surface area contributed by atoms with Gasteiger partial charge in [-0.2, -0.15) is 4.37 Å². The molecule has 1 aromatic heterocycles. The van der Waals surface area contributed by atoms with Gasteiger partial charge in [0.05, 0.1) is 0 Å². The van der Waals surface area contributed by atoms with Gasteiger partial charge in [-0.1, -0.05) is 0 Å². The first kappa shape index (κ1) is 6.03. The molecule has 48 valence electrons. The highest BCUT2D eigenvalue weighted by atomic mass is 32.1. The summed E-state index contributed by atoms with van der Waals surface area (Å²) in [6.07, 6.45) is 2.22. The lowest BCUT2D eigenvalue weighted by Crippen LogP contribution is -2.17. The molecule has 2 N–H and O–H groups in total.